The Labute approximate surface area is 127 Å². The first-order valence-electron chi connectivity index (χ1n) is 6.57. The molecular formula is C12H22N6O2S. The Bertz CT molecular complexity index is 504. The highest BCUT2D eigenvalue weighted by Gasteiger charge is 2.42. The van der Waals surface area contributed by atoms with E-state index in [4.69, 9.17) is 17.4 Å². The molecule has 1 aromatic heterocycles. The average Bonchev–Trinajstić information content (AvgIpc) is 2.88. The maximum absolute atomic E-state index is 12.4. The topological polar surface area (TPSA) is 149 Å². The number of nitrogens with one attached hydrogen (secondary N) is 2. The molecule has 0 fully saturated rings. The first-order chi connectivity index (χ1) is 9.85. The average molecular weight is 314 g/mol. The standard InChI is InChI=1S/C12H22N6O2S/c1-7(2)5-12(10(20)18-15,4-3-9(19)17-14)8-6-21-11(13)16-8/h6-7H,3-5,14-15H2,1-2H3,(H2,13,16)(H,17,19)(H,18,20)/t12-/m1/s1. The maximum Gasteiger partial charge on any atom is 0.246 e. The number of carbonyl (C=O) groups excluding carboxylic acids is 2. The van der Waals surface area contributed by atoms with Gasteiger partial charge in [-0.05, 0) is 18.8 Å². The van der Waals surface area contributed by atoms with Crippen LogP contribution >= 0.6 is 11.3 Å². The van der Waals surface area contributed by atoms with Gasteiger partial charge in [-0.1, -0.05) is 13.8 Å². The van der Waals surface area contributed by atoms with Crippen molar-refractivity contribution in [3.05, 3.63) is 11.1 Å². The van der Waals surface area contributed by atoms with E-state index >= 15 is 0 Å². The van der Waals surface area contributed by atoms with Crippen LogP contribution < -0.4 is 28.3 Å². The summed E-state index contributed by atoms with van der Waals surface area (Å²) < 4.78 is 0. The second-order valence-corrected chi connectivity index (χ2v) is 6.18. The molecule has 0 saturated heterocycles. The third-order valence-corrected chi connectivity index (χ3v) is 3.95. The molecule has 0 bridgehead atoms. The van der Waals surface area contributed by atoms with Gasteiger partial charge in [0.2, 0.25) is 11.8 Å². The molecule has 0 aliphatic carbocycles. The van der Waals surface area contributed by atoms with Crippen LogP contribution in [-0.4, -0.2) is 16.8 Å². The maximum atomic E-state index is 12.4. The van der Waals surface area contributed by atoms with Crippen molar-refractivity contribution < 1.29 is 9.59 Å². The molecule has 0 saturated carbocycles. The second kappa shape index (κ2) is 7.34. The van der Waals surface area contributed by atoms with E-state index in [1.54, 1.807) is 5.38 Å². The normalized spacial score (nSPS) is 13.8. The molecule has 8 nitrogen and oxygen atoms in total. The molecule has 8 N–H and O–H groups in total. The fourth-order valence-corrected chi connectivity index (χ4v) is 3.06. The van der Waals surface area contributed by atoms with Crippen LogP contribution in [0.1, 0.15) is 38.8 Å². The summed E-state index contributed by atoms with van der Waals surface area (Å²) in [6, 6.07) is 0. The number of aromatic nitrogens is 1. The van der Waals surface area contributed by atoms with E-state index in [9.17, 15) is 9.59 Å². The van der Waals surface area contributed by atoms with Gasteiger partial charge < -0.3 is 5.73 Å². The van der Waals surface area contributed by atoms with Crippen molar-refractivity contribution in [2.24, 2.45) is 17.6 Å². The number of thiazole rings is 1. The predicted molar refractivity (Wildman–Crippen MR) is 81.6 cm³/mol. The lowest BCUT2D eigenvalue weighted by Gasteiger charge is -2.31. The number of carbonyl (C=O) groups is 2. The minimum Gasteiger partial charge on any atom is -0.375 e. The number of hydrogen-bond donors (Lipinski definition) is 5. The summed E-state index contributed by atoms with van der Waals surface area (Å²) in [6.45, 7) is 3.97. The summed E-state index contributed by atoms with van der Waals surface area (Å²) in [5.74, 6) is 9.90. The minimum absolute atomic E-state index is 0.0913. The molecular weight excluding hydrogens is 292 g/mol. The zero-order chi connectivity index (χ0) is 16.0. The molecule has 0 spiro atoms. The molecule has 0 radical (unpaired) electrons. The Morgan fingerprint density at radius 2 is 2.05 bits per heavy atom. The molecule has 9 heteroatoms. The fourth-order valence-electron chi connectivity index (χ4n) is 2.40. The molecule has 0 aliphatic rings. The van der Waals surface area contributed by atoms with E-state index in [1.165, 1.54) is 11.3 Å². The van der Waals surface area contributed by atoms with Crippen LogP contribution in [0.2, 0.25) is 0 Å². The zero-order valence-electron chi connectivity index (χ0n) is 12.2. The monoisotopic (exact) mass is 314 g/mol. The summed E-state index contributed by atoms with van der Waals surface area (Å²) >= 11 is 1.25. The molecule has 1 rings (SSSR count). The van der Waals surface area contributed by atoms with Gasteiger partial charge in [0, 0.05) is 11.8 Å². The van der Waals surface area contributed by atoms with Gasteiger partial charge in [0.05, 0.1) is 11.1 Å². The molecule has 0 unspecified atom stereocenters. The largest absolute Gasteiger partial charge is 0.375 e. The first kappa shape index (κ1) is 17.3. The van der Waals surface area contributed by atoms with Crippen molar-refractivity contribution in [1.82, 2.24) is 15.8 Å². The van der Waals surface area contributed by atoms with Crippen LogP contribution in [0.4, 0.5) is 5.13 Å². The first-order valence-corrected chi connectivity index (χ1v) is 7.45. The van der Waals surface area contributed by atoms with Crippen LogP contribution in [0.15, 0.2) is 5.38 Å². The zero-order valence-corrected chi connectivity index (χ0v) is 13.0. The summed E-state index contributed by atoms with van der Waals surface area (Å²) in [6.07, 6.45) is 0.839. The van der Waals surface area contributed by atoms with E-state index in [0.717, 1.165) is 0 Å². The van der Waals surface area contributed by atoms with Crippen LogP contribution in [0.5, 0.6) is 0 Å². The van der Waals surface area contributed by atoms with Gasteiger partial charge in [-0.25, -0.2) is 16.7 Å². The highest BCUT2D eigenvalue weighted by Crippen LogP contribution is 2.37. The van der Waals surface area contributed by atoms with Gasteiger partial charge >= 0.3 is 0 Å². The van der Waals surface area contributed by atoms with Gasteiger partial charge in [0.25, 0.3) is 0 Å². The lowest BCUT2D eigenvalue weighted by Crippen LogP contribution is -2.49. The van der Waals surface area contributed by atoms with Gasteiger partial charge in [-0.15, -0.1) is 11.3 Å². The van der Waals surface area contributed by atoms with Crippen molar-refractivity contribution >= 4 is 28.3 Å². The van der Waals surface area contributed by atoms with E-state index in [-0.39, 0.29) is 30.6 Å². The van der Waals surface area contributed by atoms with Crippen LogP contribution in [0.25, 0.3) is 0 Å². The number of rotatable bonds is 7. The highest BCUT2D eigenvalue weighted by molar-refractivity contribution is 7.13. The number of nitrogens with two attached hydrogens (primary N) is 3. The summed E-state index contributed by atoms with van der Waals surface area (Å²) in [5.41, 5.74) is 9.46. The van der Waals surface area contributed by atoms with Crippen molar-refractivity contribution in [2.45, 2.75) is 38.5 Å². The van der Waals surface area contributed by atoms with Crippen molar-refractivity contribution in [3.8, 4) is 0 Å². The Balaban J connectivity index is 3.20. The van der Waals surface area contributed by atoms with Gasteiger partial charge in [-0.3, -0.25) is 20.4 Å². The molecule has 1 atom stereocenters. The van der Waals surface area contributed by atoms with Crippen molar-refractivity contribution in [1.29, 1.82) is 0 Å². The number of nitrogens with zero attached hydrogens (tertiary/aromatic N) is 1. The molecule has 1 heterocycles. The molecule has 118 valence electrons. The molecule has 21 heavy (non-hydrogen) atoms. The third kappa shape index (κ3) is 4.13. The van der Waals surface area contributed by atoms with Crippen molar-refractivity contribution in [2.75, 3.05) is 5.73 Å². The Kier molecular flexibility index (Phi) is 6.06. The fraction of sp³-hybridized carbons (Fsp3) is 0.583. The van der Waals surface area contributed by atoms with Gasteiger partial charge in [0.1, 0.15) is 0 Å². The quantitative estimate of drug-likeness (QED) is 0.266. The predicted octanol–water partition coefficient (Wildman–Crippen LogP) is -0.231. The Morgan fingerprint density at radius 3 is 2.48 bits per heavy atom. The highest BCUT2D eigenvalue weighted by atomic mass is 32.1. The number of anilines is 1. The van der Waals surface area contributed by atoms with E-state index in [0.29, 0.717) is 17.2 Å². The SMILES string of the molecule is CC(C)C[C@@](CCC(=O)NN)(C(=O)NN)c1csc(N)n1. The molecule has 0 aliphatic heterocycles. The van der Waals surface area contributed by atoms with Gasteiger partial charge in [-0.2, -0.15) is 0 Å². The molecule has 1 aromatic rings. The van der Waals surface area contributed by atoms with Crippen LogP contribution in [0.3, 0.4) is 0 Å². The number of hydrazine groups is 2. The Morgan fingerprint density at radius 1 is 1.38 bits per heavy atom. The second-order valence-electron chi connectivity index (χ2n) is 5.29. The van der Waals surface area contributed by atoms with Crippen LogP contribution in [0, 0.1) is 5.92 Å². The van der Waals surface area contributed by atoms with Gasteiger partial charge in [0.15, 0.2) is 5.13 Å². The Hall–Kier alpha value is -1.71. The van der Waals surface area contributed by atoms with Crippen molar-refractivity contribution in [3.63, 3.8) is 0 Å². The smallest absolute Gasteiger partial charge is 0.246 e. The van der Waals surface area contributed by atoms with Crippen LogP contribution in [-0.2, 0) is 15.0 Å². The van der Waals surface area contributed by atoms with E-state index in [2.05, 4.69) is 15.8 Å². The van der Waals surface area contributed by atoms with E-state index < -0.39 is 5.41 Å². The molecule has 2 amide bonds. The summed E-state index contributed by atoms with van der Waals surface area (Å²) in [7, 11) is 0. The summed E-state index contributed by atoms with van der Waals surface area (Å²) in [4.78, 5) is 28.1. The lowest BCUT2D eigenvalue weighted by molar-refractivity contribution is -0.128. The van der Waals surface area contributed by atoms with E-state index in [1.807, 2.05) is 13.8 Å². The number of nitrogen functional groups attached to an aromatic ring is 1. The number of amides is 2. The molecule has 0 aromatic carbocycles. The number of hydrogen-bond acceptors (Lipinski definition) is 7. The third-order valence-electron chi connectivity index (χ3n) is 3.27. The minimum atomic E-state index is -0.996. The lowest BCUT2D eigenvalue weighted by atomic mass is 9.73. The summed E-state index contributed by atoms with van der Waals surface area (Å²) in [5, 5.41) is 2.10.